The van der Waals surface area contributed by atoms with E-state index in [2.05, 4.69) is 5.32 Å². The molecule has 0 aliphatic carbocycles. The Hall–Kier alpha value is -1.38. The number of halogens is 2. The lowest BCUT2D eigenvalue weighted by molar-refractivity contribution is 0.475. The molecule has 0 bridgehead atoms. The van der Waals surface area contributed by atoms with Crippen molar-refractivity contribution in [1.29, 1.82) is 0 Å². The van der Waals surface area contributed by atoms with Gasteiger partial charge in [0.05, 0.1) is 6.04 Å². The Labute approximate surface area is 116 Å². The number of phenols is 1. The zero-order chi connectivity index (χ0) is 13.1. The molecule has 2 aromatic rings. The Morgan fingerprint density at radius 3 is 2.61 bits per heavy atom. The van der Waals surface area contributed by atoms with Crippen molar-refractivity contribution < 1.29 is 5.11 Å². The van der Waals surface area contributed by atoms with Crippen molar-refractivity contribution in [2.24, 2.45) is 0 Å². The number of phenolic OH excluding ortho intramolecular Hbond substituents is 1. The number of aromatic hydroxyl groups is 1. The predicted molar refractivity (Wildman–Crippen MR) is 76.6 cm³/mol. The Morgan fingerprint density at radius 1 is 1.11 bits per heavy atom. The summed E-state index contributed by atoms with van der Waals surface area (Å²) in [6.45, 7) is 1.99. The van der Waals surface area contributed by atoms with Crippen molar-refractivity contribution in [2.75, 3.05) is 5.32 Å². The van der Waals surface area contributed by atoms with E-state index in [0.29, 0.717) is 10.0 Å². The van der Waals surface area contributed by atoms with E-state index < -0.39 is 0 Å². The van der Waals surface area contributed by atoms with Gasteiger partial charge in [-0.3, -0.25) is 0 Å². The third-order valence-electron chi connectivity index (χ3n) is 2.65. The molecule has 18 heavy (non-hydrogen) atoms. The normalized spacial score (nSPS) is 12.2. The first-order valence-corrected chi connectivity index (χ1v) is 6.32. The van der Waals surface area contributed by atoms with Gasteiger partial charge in [0.25, 0.3) is 0 Å². The third-order valence-corrected chi connectivity index (χ3v) is 3.23. The summed E-state index contributed by atoms with van der Waals surface area (Å²) in [4.78, 5) is 0. The highest BCUT2D eigenvalue weighted by atomic mass is 35.5. The van der Waals surface area contributed by atoms with Crippen LogP contribution in [-0.4, -0.2) is 5.11 Å². The molecule has 2 aromatic carbocycles. The summed E-state index contributed by atoms with van der Waals surface area (Å²) < 4.78 is 0. The lowest BCUT2D eigenvalue weighted by atomic mass is 10.1. The minimum Gasteiger partial charge on any atom is -0.508 e. The lowest BCUT2D eigenvalue weighted by Crippen LogP contribution is -2.07. The van der Waals surface area contributed by atoms with Crippen molar-refractivity contribution in [3.05, 3.63) is 58.1 Å². The second kappa shape index (κ2) is 5.51. The number of hydrogen-bond donors (Lipinski definition) is 2. The van der Waals surface area contributed by atoms with E-state index in [1.165, 1.54) is 0 Å². The quantitative estimate of drug-likeness (QED) is 0.841. The maximum absolute atomic E-state index is 9.41. The topological polar surface area (TPSA) is 32.3 Å². The SMILES string of the molecule is CC(Nc1cccc(O)c1)c1cc(Cl)ccc1Cl. The molecule has 2 nitrogen and oxygen atoms in total. The van der Waals surface area contributed by atoms with Crippen LogP contribution in [0.5, 0.6) is 5.75 Å². The maximum atomic E-state index is 9.41. The minimum absolute atomic E-state index is 0.00185. The van der Waals surface area contributed by atoms with E-state index in [-0.39, 0.29) is 11.8 Å². The molecular formula is C14H13Cl2NO. The zero-order valence-corrected chi connectivity index (χ0v) is 11.3. The van der Waals surface area contributed by atoms with Gasteiger partial charge in [-0.05, 0) is 42.8 Å². The molecule has 0 saturated heterocycles. The predicted octanol–water partition coefficient (Wildman–Crippen LogP) is 4.87. The summed E-state index contributed by atoms with van der Waals surface area (Å²) in [6, 6.07) is 12.3. The fourth-order valence-electron chi connectivity index (χ4n) is 1.77. The van der Waals surface area contributed by atoms with Gasteiger partial charge < -0.3 is 10.4 Å². The van der Waals surface area contributed by atoms with Gasteiger partial charge in [0, 0.05) is 21.8 Å². The summed E-state index contributed by atoms with van der Waals surface area (Å²) in [5.74, 6) is 0.226. The monoisotopic (exact) mass is 281 g/mol. The van der Waals surface area contributed by atoms with E-state index in [4.69, 9.17) is 23.2 Å². The average Bonchev–Trinajstić information content (AvgIpc) is 2.32. The molecule has 94 valence electrons. The number of benzene rings is 2. The molecule has 0 spiro atoms. The van der Waals surface area contributed by atoms with Gasteiger partial charge >= 0.3 is 0 Å². The van der Waals surface area contributed by atoms with Gasteiger partial charge in [-0.15, -0.1) is 0 Å². The number of nitrogens with one attached hydrogen (secondary N) is 1. The third kappa shape index (κ3) is 3.09. The summed E-state index contributed by atoms with van der Waals surface area (Å²) in [6.07, 6.45) is 0. The van der Waals surface area contributed by atoms with Gasteiger partial charge in [-0.25, -0.2) is 0 Å². The Kier molecular flexibility index (Phi) is 4.00. The Balaban J connectivity index is 2.21. The van der Waals surface area contributed by atoms with Crippen molar-refractivity contribution in [3.8, 4) is 5.75 Å². The van der Waals surface area contributed by atoms with E-state index in [1.54, 1.807) is 30.3 Å². The smallest absolute Gasteiger partial charge is 0.117 e. The van der Waals surface area contributed by atoms with Crippen molar-refractivity contribution in [2.45, 2.75) is 13.0 Å². The van der Waals surface area contributed by atoms with Crippen LogP contribution in [0.2, 0.25) is 10.0 Å². The van der Waals surface area contributed by atoms with Crippen molar-refractivity contribution in [1.82, 2.24) is 0 Å². The molecule has 0 fully saturated rings. The van der Waals surface area contributed by atoms with Gasteiger partial charge in [0.2, 0.25) is 0 Å². The molecule has 0 aliphatic rings. The average molecular weight is 282 g/mol. The van der Waals surface area contributed by atoms with Crippen LogP contribution in [0, 0.1) is 0 Å². The van der Waals surface area contributed by atoms with E-state index >= 15 is 0 Å². The molecular weight excluding hydrogens is 269 g/mol. The van der Waals surface area contributed by atoms with Crippen LogP contribution in [0.1, 0.15) is 18.5 Å². The van der Waals surface area contributed by atoms with Crippen LogP contribution in [0.25, 0.3) is 0 Å². The second-order valence-corrected chi connectivity index (χ2v) is 4.93. The summed E-state index contributed by atoms with van der Waals surface area (Å²) in [7, 11) is 0. The van der Waals surface area contributed by atoms with E-state index in [9.17, 15) is 5.11 Å². The first-order chi connectivity index (χ1) is 8.56. The number of rotatable bonds is 3. The van der Waals surface area contributed by atoms with Gasteiger partial charge in [-0.2, -0.15) is 0 Å². The summed E-state index contributed by atoms with van der Waals surface area (Å²) >= 11 is 12.1. The molecule has 0 aliphatic heterocycles. The Bertz CT molecular complexity index is 557. The van der Waals surface area contributed by atoms with Crippen LogP contribution < -0.4 is 5.32 Å². The fourth-order valence-corrected chi connectivity index (χ4v) is 2.23. The number of hydrogen-bond acceptors (Lipinski definition) is 2. The molecule has 0 saturated carbocycles. The first kappa shape index (κ1) is 13.1. The maximum Gasteiger partial charge on any atom is 0.117 e. The molecule has 0 amide bonds. The number of anilines is 1. The van der Waals surface area contributed by atoms with Gasteiger partial charge in [0.15, 0.2) is 0 Å². The highest BCUT2D eigenvalue weighted by molar-refractivity contribution is 6.33. The van der Waals surface area contributed by atoms with Crippen LogP contribution in [0.3, 0.4) is 0 Å². The molecule has 2 rings (SSSR count). The molecule has 2 N–H and O–H groups in total. The first-order valence-electron chi connectivity index (χ1n) is 5.57. The molecule has 0 heterocycles. The highest BCUT2D eigenvalue weighted by Crippen LogP contribution is 2.29. The van der Waals surface area contributed by atoms with Crippen molar-refractivity contribution >= 4 is 28.9 Å². The van der Waals surface area contributed by atoms with Crippen LogP contribution in [0.4, 0.5) is 5.69 Å². The van der Waals surface area contributed by atoms with E-state index in [1.807, 2.05) is 19.1 Å². The summed E-state index contributed by atoms with van der Waals surface area (Å²) in [5.41, 5.74) is 1.76. The molecule has 1 unspecified atom stereocenters. The van der Waals surface area contributed by atoms with E-state index in [0.717, 1.165) is 11.3 Å². The molecule has 0 aromatic heterocycles. The molecule has 1 atom stereocenters. The largest absolute Gasteiger partial charge is 0.508 e. The minimum atomic E-state index is -0.00185. The molecule has 4 heteroatoms. The van der Waals surface area contributed by atoms with Gasteiger partial charge in [-0.1, -0.05) is 29.3 Å². The van der Waals surface area contributed by atoms with Crippen LogP contribution in [-0.2, 0) is 0 Å². The molecule has 0 radical (unpaired) electrons. The lowest BCUT2D eigenvalue weighted by Gasteiger charge is -2.17. The van der Waals surface area contributed by atoms with Crippen LogP contribution in [0.15, 0.2) is 42.5 Å². The van der Waals surface area contributed by atoms with Gasteiger partial charge in [0.1, 0.15) is 5.75 Å². The second-order valence-electron chi connectivity index (χ2n) is 4.08. The Morgan fingerprint density at radius 2 is 1.89 bits per heavy atom. The van der Waals surface area contributed by atoms with Crippen molar-refractivity contribution in [3.63, 3.8) is 0 Å². The highest BCUT2D eigenvalue weighted by Gasteiger charge is 2.10. The zero-order valence-electron chi connectivity index (χ0n) is 9.82. The van der Waals surface area contributed by atoms with Crippen LogP contribution >= 0.6 is 23.2 Å². The summed E-state index contributed by atoms with van der Waals surface area (Å²) in [5, 5.41) is 14.0. The standard InChI is InChI=1S/C14H13Cl2NO/c1-9(13-7-10(15)5-6-14(13)16)17-11-3-2-4-12(18)8-11/h2-9,17-18H,1H3. The fraction of sp³-hybridized carbons (Fsp3) is 0.143.